The van der Waals surface area contributed by atoms with Gasteiger partial charge in [0.05, 0.1) is 5.69 Å². The molecule has 1 unspecified atom stereocenters. The molecule has 21 heavy (non-hydrogen) atoms. The Kier molecular flexibility index (Phi) is 4.23. The molecule has 2 heterocycles. The number of aromatic nitrogens is 4. The van der Waals surface area contributed by atoms with E-state index in [0.717, 1.165) is 31.9 Å². The van der Waals surface area contributed by atoms with E-state index in [1.165, 1.54) is 5.56 Å². The van der Waals surface area contributed by atoms with Gasteiger partial charge in [0.25, 0.3) is 0 Å². The van der Waals surface area contributed by atoms with E-state index in [2.05, 4.69) is 57.0 Å². The van der Waals surface area contributed by atoms with Crippen LogP contribution in [-0.4, -0.2) is 63.3 Å². The minimum Gasteiger partial charge on any atom is -0.304 e. The summed E-state index contributed by atoms with van der Waals surface area (Å²) in [5.41, 5.74) is 5.77. The first-order valence-corrected chi connectivity index (χ1v) is 7.25. The van der Waals surface area contributed by atoms with Gasteiger partial charge in [0.15, 0.2) is 0 Å². The number of hydrazine groups is 1. The molecule has 0 bridgehead atoms. The van der Waals surface area contributed by atoms with Crippen molar-refractivity contribution in [1.82, 2.24) is 35.5 Å². The van der Waals surface area contributed by atoms with Gasteiger partial charge in [-0.1, -0.05) is 12.1 Å². The summed E-state index contributed by atoms with van der Waals surface area (Å²) in [6.07, 6.45) is 1.61. The van der Waals surface area contributed by atoms with E-state index in [-0.39, 0.29) is 6.04 Å². The molecule has 1 aliphatic heterocycles. The van der Waals surface area contributed by atoms with Gasteiger partial charge in [-0.2, -0.15) is 0 Å². The molecule has 1 aromatic carbocycles. The summed E-state index contributed by atoms with van der Waals surface area (Å²) < 4.78 is 1.67. The number of hydrogen-bond acceptors (Lipinski definition) is 6. The topological polar surface area (TPSA) is 62.1 Å². The second-order valence-electron chi connectivity index (χ2n) is 5.49. The highest BCUT2D eigenvalue weighted by atomic mass is 15.5. The molecular weight excluding hydrogens is 266 g/mol. The van der Waals surface area contributed by atoms with Crippen LogP contribution in [0.15, 0.2) is 30.6 Å². The van der Waals surface area contributed by atoms with E-state index in [0.29, 0.717) is 0 Å². The number of nitrogens with one attached hydrogen (secondary N) is 1. The number of nitrogens with zero attached hydrogens (tertiary/aromatic N) is 6. The van der Waals surface area contributed by atoms with Crippen LogP contribution >= 0.6 is 0 Å². The molecular formula is C14H21N7. The summed E-state index contributed by atoms with van der Waals surface area (Å²) in [6, 6.07) is 8.53. The van der Waals surface area contributed by atoms with Gasteiger partial charge >= 0.3 is 0 Å². The van der Waals surface area contributed by atoms with Crippen molar-refractivity contribution < 1.29 is 0 Å². The van der Waals surface area contributed by atoms with Crippen molar-refractivity contribution in [2.75, 3.05) is 33.2 Å². The zero-order valence-electron chi connectivity index (χ0n) is 12.5. The maximum absolute atomic E-state index is 3.93. The van der Waals surface area contributed by atoms with Gasteiger partial charge in [0.2, 0.25) is 0 Å². The fourth-order valence-electron chi connectivity index (χ4n) is 2.50. The third-order valence-electron chi connectivity index (χ3n) is 3.86. The monoisotopic (exact) mass is 287 g/mol. The Morgan fingerprint density at radius 2 is 2.00 bits per heavy atom. The highest BCUT2D eigenvalue weighted by Gasteiger charge is 2.16. The fraction of sp³-hybridized carbons (Fsp3) is 0.500. The van der Waals surface area contributed by atoms with E-state index < -0.39 is 0 Å². The van der Waals surface area contributed by atoms with E-state index in [1.54, 1.807) is 11.0 Å². The fourth-order valence-corrected chi connectivity index (χ4v) is 2.50. The van der Waals surface area contributed by atoms with Crippen molar-refractivity contribution in [3.63, 3.8) is 0 Å². The zero-order chi connectivity index (χ0) is 14.7. The van der Waals surface area contributed by atoms with Crippen molar-refractivity contribution in [2.24, 2.45) is 0 Å². The van der Waals surface area contributed by atoms with Crippen LogP contribution in [-0.2, 0) is 0 Å². The molecule has 1 saturated heterocycles. The van der Waals surface area contributed by atoms with Crippen LogP contribution < -0.4 is 5.43 Å². The lowest BCUT2D eigenvalue weighted by molar-refractivity contribution is 0.0899. The van der Waals surface area contributed by atoms with E-state index in [9.17, 15) is 0 Å². The van der Waals surface area contributed by atoms with Gasteiger partial charge in [-0.15, -0.1) is 5.10 Å². The van der Waals surface area contributed by atoms with Gasteiger partial charge in [-0.3, -0.25) is 0 Å². The summed E-state index contributed by atoms with van der Waals surface area (Å²) in [4.78, 5) is 2.35. The molecule has 1 N–H and O–H groups in total. The average Bonchev–Trinajstić information content (AvgIpc) is 3.04. The smallest absolute Gasteiger partial charge is 0.143 e. The number of benzene rings is 1. The Labute approximate surface area is 124 Å². The van der Waals surface area contributed by atoms with Crippen LogP contribution in [0.4, 0.5) is 0 Å². The van der Waals surface area contributed by atoms with Crippen molar-refractivity contribution >= 4 is 0 Å². The molecule has 3 rings (SSSR count). The SMILES string of the molecule is CC(NN1CCN(C)CC1)c1cccc(-n2cnnn2)c1. The summed E-state index contributed by atoms with van der Waals surface area (Å²) in [7, 11) is 2.16. The second kappa shape index (κ2) is 6.30. The van der Waals surface area contributed by atoms with Gasteiger partial charge in [0.1, 0.15) is 6.33 Å². The molecule has 0 aliphatic carbocycles. The number of rotatable bonds is 4. The van der Waals surface area contributed by atoms with E-state index >= 15 is 0 Å². The largest absolute Gasteiger partial charge is 0.304 e. The maximum atomic E-state index is 3.93. The van der Waals surface area contributed by atoms with Crippen LogP contribution in [0.5, 0.6) is 0 Å². The van der Waals surface area contributed by atoms with Gasteiger partial charge in [-0.25, -0.2) is 15.1 Å². The first-order valence-electron chi connectivity index (χ1n) is 7.25. The Hall–Kier alpha value is -1.83. The summed E-state index contributed by atoms with van der Waals surface area (Å²) in [5, 5.41) is 13.6. The Morgan fingerprint density at radius 3 is 2.71 bits per heavy atom. The predicted molar refractivity (Wildman–Crippen MR) is 79.8 cm³/mol. The van der Waals surface area contributed by atoms with Crippen molar-refractivity contribution in [1.29, 1.82) is 0 Å². The first kappa shape index (κ1) is 14.1. The molecule has 112 valence electrons. The van der Waals surface area contributed by atoms with Gasteiger partial charge < -0.3 is 4.90 Å². The Balaban J connectivity index is 1.67. The summed E-state index contributed by atoms with van der Waals surface area (Å²) in [6.45, 7) is 6.48. The molecule has 0 amide bonds. The van der Waals surface area contributed by atoms with Crippen LogP contribution in [0, 0.1) is 0 Å². The molecule has 0 radical (unpaired) electrons. The third-order valence-corrected chi connectivity index (χ3v) is 3.86. The number of piperazine rings is 1. The lowest BCUT2D eigenvalue weighted by Gasteiger charge is -2.34. The normalized spacial score (nSPS) is 18.8. The number of likely N-dealkylation sites (N-methyl/N-ethyl adjacent to an activating group) is 1. The zero-order valence-corrected chi connectivity index (χ0v) is 12.5. The standard InChI is InChI=1S/C14H21N7/c1-12(16-20-8-6-19(2)7-9-20)13-4-3-5-14(10-13)21-11-15-17-18-21/h3-5,10-12,16H,6-9H2,1-2H3. The predicted octanol–water partition coefficient (Wildman–Crippen LogP) is 0.475. The van der Waals surface area contributed by atoms with Crippen molar-refractivity contribution in [2.45, 2.75) is 13.0 Å². The minimum absolute atomic E-state index is 0.254. The Bertz CT molecular complexity index is 560. The van der Waals surface area contributed by atoms with Gasteiger partial charge in [-0.05, 0) is 42.1 Å². The van der Waals surface area contributed by atoms with Gasteiger partial charge in [0, 0.05) is 32.2 Å². The number of hydrogen-bond donors (Lipinski definition) is 1. The second-order valence-corrected chi connectivity index (χ2v) is 5.49. The van der Waals surface area contributed by atoms with E-state index in [1.807, 2.05) is 12.1 Å². The molecule has 1 aliphatic rings. The molecule has 0 saturated carbocycles. The summed E-state index contributed by atoms with van der Waals surface area (Å²) >= 11 is 0. The van der Waals surface area contributed by atoms with Crippen LogP contribution in [0.1, 0.15) is 18.5 Å². The highest BCUT2D eigenvalue weighted by molar-refractivity contribution is 5.35. The highest BCUT2D eigenvalue weighted by Crippen LogP contribution is 2.16. The molecule has 0 spiro atoms. The van der Waals surface area contributed by atoms with E-state index in [4.69, 9.17) is 0 Å². The Morgan fingerprint density at radius 1 is 1.19 bits per heavy atom. The minimum atomic E-state index is 0.254. The first-order chi connectivity index (χ1) is 10.2. The molecule has 7 heteroatoms. The third kappa shape index (κ3) is 3.44. The molecule has 7 nitrogen and oxygen atoms in total. The van der Waals surface area contributed by atoms with Crippen LogP contribution in [0.25, 0.3) is 5.69 Å². The van der Waals surface area contributed by atoms with Crippen LogP contribution in [0.3, 0.4) is 0 Å². The maximum Gasteiger partial charge on any atom is 0.143 e. The lowest BCUT2D eigenvalue weighted by Crippen LogP contribution is -2.51. The quantitative estimate of drug-likeness (QED) is 0.882. The number of tetrazole rings is 1. The molecule has 1 atom stereocenters. The molecule has 2 aromatic rings. The average molecular weight is 287 g/mol. The van der Waals surface area contributed by atoms with Crippen molar-refractivity contribution in [3.05, 3.63) is 36.2 Å². The van der Waals surface area contributed by atoms with Crippen molar-refractivity contribution in [3.8, 4) is 5.69 Å². The molecule has 1 aromatic heterocycles. The molecule has 1 fully saturated rings. The summed E-state index contributed by atoms with van der Waals surface area (Å²) in [5.74, 6) is 0. The lowest BCUT2D eigenvalue weighted by atomic mass is 10.1. The van der Waals surface area contributed by atoms with Crippen LogP contribution in [0.2, 0.25) is 0 Å².